The van der Waals surface area contributed by atoms with Gasteiger partial charge in [-0.05, 0) is 36.8 Å². The number of nitrogens with zero attached hydrogens (tertiary/aromatic N) is 2. The molecule has 1 N–H and O–H groups in total. The van der Waals surface area contributed by atoms with E-state index in [-0.39, 0.29) is 17.6 Å². The van der Waals surface area contributed by atoms with Gasteiger partial charge in [-0.15, -0.1) is 0 Å². The number of rotatable bonds is 6. The van der Waals surface area contributed by atoms with Crippen LogP contribution in [-0.2, 0) is 11.2 Å². The largest absolute Gasteiger partial charge is 0.351 e. The van der Waals surface area contributed by atoms with Crippen LogP contribution in [0.3, 0.4) is 0 Å². The fourth-order valence-electron chi connectivity index (χ4n) is 3.36. The summed E-state index contributed by atoms with van der Waals surface area (Å²) in [7, 11) is 0. The number of piperazine rings is 1. The number of carbonyl (C=O) groups excluding carboxylic acids is 2. The van der Waals surface area contributed by atoms with Crippen molar-refractivity contribution in [3.05, 3.63) is 71.0 Å². The van der Waals surface area contributed by atoms with Crippen LogP contribution in [0.1, 0.15) is 21.5 Å². The SMILES string of the molecule is Cc1cccc(CC(=O)N2CCN(CCNC(=O)c3ccc(F)cc3)CC2)c1. The summed E-state index contributed by atoms with van der Waals surface area (Å²) in [4.78, 5) is 28.7. The molecule has 2 aromatic rings. The minimum absolute atomic E-state index is 0.162. The van der Waals surface area contributed by atoms with E-state index in [1.54, 1.807) is 0 Å². The molecule has 6 heteroatoms. The molecule has 0 aromatic heterocycles. The van der Waals surface area contributed by atoms with Crippen molar-refractivity contribution >= 4 is 11.8 Å². The van der Waals surface area contributed by atoms with Crippen molar-refractivity contribution in [1.82, 2.24) is 15.1 Å². The molecule has 0 saturated carbocycles. The van der Waals surface area contributed by atoms with E-state index in [1.807, 2.05) is 30.0 Å². The summed E-state index contributed by atoms with van der Waals surface area (Å²) < 4.78 is 12.9. The molecular weight excluding hydrogens is 357 g/mol. The molecule has 2 aromatic carbocycles. The molecule has 1 fully saturated rings. The number of carbonyl (C=O) groups is 2. The first-order valence-corrected chi connectivity index (χ1v) is 9.61. The summed E-state index contributed by atoms with van der Waals surface area (Å²) in [6, 6.07) is 13.6. The maximum atomic E-state index is 12.9. The second kappa shape index (κ2) is 9.46. The molecule has 0 spiro atoms. The van der Waals surface area contributed by atoms with Crippen molar-refractivity contribution in [2.24, 2.45) is 0 Å². The van der Waals surface area contributed by atoms with E-state index in [4.69, 9.17) is 0 Å². The van der Waals surface area contributed by atoms with Crippen LogP contribution in [0.25, 0.3) is 0 Å². The topological polar surface area (TPSA) is 52.7 Å². The van der Waals surface area contributed by atoms with Gasteiger partial charge in [-0.2, -0.15) is 0 Å². The minimum Gasteiger partial charge on any atom is -0.351 e. The molecule has 2 amide bonds. The predicted molar refractivity (Wildman–Crippen MR) is 107 cm³/mol. The summed E-state index contributed by atoms with van der Waals surface area (Å²) in [6.07, 6.45) is 0.440. The van der Waals surface area contributed by atoms with Crippen molar-refractivity contribution in [3.63, 3.8) is 0 Å². The van der Waals surface area contributed by atoms with Crippen LogP contribution in [0.4, 0.5) is 4.39 Å². The second-order valence-corrected chi connectivity index (χ2v) is 7.15. The van der Waals surface area contributed by atoms with Crippen LogP contribution in [0.15, 0.2) is 48.5 Å². The molecule has 148 valence electrons. The smallest absolute Gasteiger partial charge is 0.251 e. The molecule has 5 nitrogen and oxygen atoms in total. The highest BCUT2D eigenvalue weighted by molar-refractivity contribution is 5.94. The van der Waals surface area contributed by atoms with Crippen LogP contribution in [0.5, 0.6) is 0 Å². The van der Waals surface area contributed by atoms with Crippen LogP contribution in [0, 0.1) is 12.7 Å². The first-order chi connectivity index (χ1) is 13.5. The summed E-state index contributed by atoms with van der Waals surface area (Å²) >= 11 is 0. The molecule has 3 rings (SSSR count). The minimum atomic E-state index is -0.355. The van der Waals surface area contributed by atoms with Crippen molar-refractivity contribution < 1.29 is 14.0 Å². The van der Waals surface area contributed by atoms with E-state index in [0.29, 0.717) is 31.6 Å². The Hall–Kier alpha value is -2.73. The number of amides is 2. The number of halogens is 1. The normalized spacial score (nSPS) is 14.7. The predicted octanol–water partition coefficient (Wildman–Crippen LogP) is 2.25. The maximum absolute atomic E-state index is 12.9. The Morgan fingerprint density at radius 1 is 1.04 bits per heavy atom. The first-order valence-electron chi connectivity index (χ1n) is 9.61. The quantitative estimate of drug-likeness (QED) is 0.833. The molecule has 1 saturated heterocycles. The van der Waals surface area contributed by atoms with E-state index in [9.17, 15) is 14.0 Å². The maximum Gasteiger partial charge on any atom is 0.251 e. The lowest BCUT2D eigenvalue weighted by molar-refractivity contribution is -0.132. The van der Waals surface area contributed by atoms with E-state index >= 15 is 0 Å². The molecule has 1 aliphatic heterocycles. The van der Waals surface area contributed by atoms with Gasteiger partial charge in [0.05, 0.1) is 6.42 Å². The zero-order chi connectivity index (χ0) is 19.9. The molecule has 1 heterocycles. The Labute approximate surface area is 165 Å². The molecular formula is C22H26FN3O2. The number of nitrogens with one attached hydrogen (secondary N) is 1. The summed E-state index contributed by atoms with van der Waals surface area (Å²) in [5, 5.41) is 2.85. The zero-order valence-corrected chi connectivity index (χ0v) is 16.2. The Bertz CT molecular complexity index is 815. The van der Waals surface area contributed by atoms with Gasteiger partial charge in [-0.25, -0.2) is 4.39 Å². The number of hydrogen-bond donors (Lipinski definition) is 1. The summed E-state index contributed by atoms with van der Waals surface area (Å²) in [5.74, 6) is -0.395. The fourth-order valence-corrected chi connectivity index (χ4v) is 3.36. The van der Waals surface area contributed by atoms with Gasteiger partial charge in [-0.1, -0.05) is 29.8 Å². The van der Waals surface area contributed by atoms with Gasteiger partial charge in [0, 0.05) is 44.8 Å². The van der Waals surface area contributed by atoms with Crippen LogP contribution < -0.4 is 5.32 Å². The van der Waals surface area contributed by atoms with Crippen molar-refractivity contribution in [3.8, 4) is 0 Å². The Morgan fingerprint density at radius 3 is 2.43 bits per heavy atom. The molecule has 0 unspecified atom stereocenters. The average Bonchev–Trinajstić information content (AvgIpc) is 2.69. The lowest BCUT2D eigenvalue weighted by atomic mass is 10.1. The monoisotopic (exact) mass is 383 g/mol. The molecule has 1 aliphatic rings. The molecule has 0 atom stereocenters. The first kappa shape index (κ1) is 20.0. The molecule has 0 bridgehead atoms. The third kappa shape index (κ3) is 5.63. The van der Waals surface area contributed by atoms with E-state index < -0.39 is 0 Å². The van der Waals surface area contributed by atoms with Crippen molar-refractivity contribution in [1.29, 1.82) is 0 Å². The lowest BCUT2D eigenvalue weighted by Gasteiger charge is -2.34. The standard InChI is InChI=1S/C22H26FN3O2/c1-17-3-2-4-18(15-17)16-21(27)26-13-11-25(12-14-26)10-9-24-22(28)19-5-7-20(23)8-6-19/h2-8,15H,9-14,16H2,1H3,(H,24,28). The van der Waals surface area contributed by atoms with Crippen molar-refractivity contribution in [2.45, 2.75) is 13.3 Å². The highest BCUT2D eigenvalue weighted by atomic mass is 19.1. The van der Waals surface area contributed by atoms with Gasteiger partial charge in [0.15, 0.2) is 0 Å². The third-order valence-electron chi connectivity index (χ3n) is 4.98. The summed E-state index contributed by atoms with van der Waals surface area (Å²) in [5.41, 5.74) is 2.67. The number of aryl methyl sites for hydroxylation is 1. The molecule has 0 radical (unpaired) electrons. The highest BCUT2D eigenvalue weighted by Gasteiger charge is 2.21. The van der Waals surface area contributed by atoms with Gasteiger partial charge in [0.1, 0.15) is 5.82 Å². The van der Waals surface area contributed by atoms with Gasteiger partial charge in [0.25, 0.3) is 5.91 Å². The van der Waals surface area contributed by atoms with Gasteiger partial charge in [-0.3, -0.25) is 14.5 Å². The van der Waals surface area contributed by atoms with Gasteiger partial charge in [0.2, 0.25) is 5.91 Å². The van der Waals surface area contributed by atoms with E-state index in [0.717, 1.165) is 30.8 Å². The molecule has 0 aliphatic carbocycles. The summed E-state index contributed by atoms with van der Waals surface area (Å²) in [6.45, 7) is 6.28. The van der Waals surface area contributed by atoms with Gasteiger partial charge >= 0.3 is 0 Å². The van der Waals surface area contributed by atoms with Crippen molar-refractivity contribution in [2.75, 3.05) is 39.3 Å². The van der Waals surface area contributed by atoms with Crippen LogP contribution in [0.2, 0.25) is 0 Å². The Kier molecular flexibility index (Phi) is 6.76. The fraction of sp³-hybridized carbons (Fsp3) is 0.364. The Morgan fingerprint density at radius 2 is 1.75 bits per heavy atom. The highest BCUT2D eigenvalue weighted by Crippen LogP contribution is 2.09. The number of benzene rings is 2. The third-order valence-corrected chi connectivity index (χ3v) is 4.98. The van der Waals surface area contributed by atoms with Gasteiger partial charge < -0.3 is 10.2 Å². The zero-order valence-electron chi connectivity index (χ0n) is 16.2. The molecule has 28 heavy (non-hydrogen) atoms. The van der Waals surface area contributed by atoms with Crippen LogP contribution in [-0.4, -0.2) is 60.9 Å². The van der Waals surface area contributed by atoms with E-state index in [2.05, 4.69) is 16.3 Å². The Balaban J connectivity index is 1.37. The van der Waals surface area contributed by atoms with Crippen LogP contribution >= 0.6 is 0 Å². The second-order valence-electron chi connectivity index (χ2n) is 7.15. The lowest BCUT2D eigenvalue weighted by Crippen LogP contribution is -2.50. The van der Waals surface area contributed by atoms with E-state index in [1.165, 1.54) is 24.3 Å². The average molecular weight is 383 g/mol. The number of hydrogen-bond acceptors (Lipinski definition) is 3.